The Labute approximate surface area is 251 Å². The fourth-order valence-electron chi connectivity index (χ4n) is 5.31. The first-order valence-corrected chi connectivity index (χ1v) is 14.5. The van der Waals surface area contributed by atoms with Gasteiger partial charge in [-0.05, 0) is 90.3 Å². The van der Waals surface area contributed by atoms with Crippen LogP contribution in [0.1, 0.15) is 28.9 Å². The molecule has 0 atom stereocenters. The summed E-state index contributed by atoms with van der Waals surface area (Å²) in [5.41, 5.74) is 4.28. The summed E-state index contributed by atoms with van der Waals surface area (Å²) in [6.45, 7) is 2.84. The van der Waals surface area contributed by atoms with Gasteiger partial charge in [0.2, 0.25) is 5.91 Å². The van der Waals surface area contributed by atoms with E-state index in [9.17, 15) is 9.59 Å². The second-order valence-corrected chi connectivity index (χ2v) is 11.1. The number of carbonyl (C=O) groups excluding carboxylic acids is 2. The summed E-state index contributed by atoms with van der Waals surface area (Å²) in [5.74, 6) is 0.877. The van der Waals surface area contributed by atoms with Crippen molar-refractivity contribution in [1.29, 1.82) is 0 Å². The van der Waals surface area contributed by atoms with Gasteiger partial charge in [-0.2, -0.15) is 5.10 Å². The molecule has 42 heavy (non-hydrogen) atoms. The maximum atomic E-state index is 14.1. The molecule has 5 aromatic rings. The molecule has 0 spiro atoms. The zero-order valence-electron chi connectivity index (χ0n) is 23.3. The second kappa shape index (κ2) is 11.7. The number of aromatic nitrogens is 4. The number of halogens is 1. The fourth-order valence-corrected chi connectivity index (χ4v) is 5.54. The second-order valence-electron chi connectivity index (χ2n) is 10.2. The normalized spacial score (nSPS) is 13.7. The number of nitrogens with zero attached hydrogens (tertiary/aromatic N) is 5. The minimum absolute atomic E-state index is 0.0787. The molecule has 4 heterocycles. The topological polar surface area (TPSA) is 102 Å². The first-order valence-electron chi connectivity index (χ1n) is 13.7. The number of fused-ring (bicyclic) bond motifs is 1. The lowest BCUT2D eigenvalue weighted by Gasteiger charge is -2.31. The van der Waals surface area contributed by atoms with E-state index in [2.05, 4.69) is 26.2 Å². The van der Waals surface area contributed by atoms with Crippen LogP contribution in [-0.2, 0) is 4.79 Å². The number of anilines is 1. The molecule has 1 saturated heterocycles. The van der Waals surface area contributed by atoms with Crippen LogP contribution >= 0.6 is 15.9 Å². The Bertz CT molecular complexity index is 1750. The number of amides is 2. The lowest BCUT2D eigenvalue weighted by atomic mass is 9.95. The standard InChI is InChI=1S/C32H29BrN6O3/c1-20-29-26(32(41)38-16-14-22(15-17-38)31(40)36-28-13-10-23(33)19-34-28)18-27(21-8-11-25(42-2)12-9-21)35-30(29)39(37-20)24-6-4-3-5-7-24/h3-13,18-19,22H,14-17H2,1-2H3,(H,34,36,40). The number of aryl methyl sites for hydroxylation is 1. The van der Waals surface area contributed by atoms with Crippen molar-refractivity contribution in [2.24, 2.45) is 5.92 Å². The van der Waals surface area contributed by atoms with Crippen LogP contribution in [0.15, 0.2) is 83.5 Å². The Morgan fingerprint density at radius 1 is 1.00 bits per heavy atom. The van der Waals surface area contributed by atoms with Crippen molar-refractivity contribution in [3.05, 3.63) is 94.7 Å². The third-order valence-corrected chi connectivity index (χ3v) is 8.03. The van der Waals surface area contributed by atoms with Crippen LogP contribution in [0.4, 0.5) is 5.82 Å². The number of hydrogen-bond donors (Lipinski definition) is 1. The first kappa shape index (κ1) is 27.6. The molecule has 0 aliphatic carbocycles. The van der Waals surface area contributed by atoms with Crippen LogP contribution in [0, 0.1) is 12.8 Å². The monoisotopic (exact) mass is 624 g/mol. The van der Waals surface area contributed by atoms with Crippen LogP contribution in [-0.4, -0.2) is 56.7 Å². The molecule has 10 heteroatoms. The van der Waals surface area contributed by atoms with E-state index < -0.39 is 0 Å². The molecule has 1 aliphatic heterocycles. The van der Waals surface area contributed by atoms with Gasteiger partial charge in [-0.1, -0.05) is 18.2 Å². The van der Waals surface area contributed by atoms with E-state index in [-0.39, 0.29) is 17.7 Å². The number of pyridine rings is 2. The number of piperidine rings is 1. The maximum absolute atomic E-state index is 14.1. The van der Waals surface area contributed by atoms with Gasteiger partial charge in [0, 0.05) is 35.2 Å². The first-order chi connectivity index (χ1) is 20.4. The average Bonchev–Trinajstić information content (AvgIpc) is 3.38. The highest BCUT2D eigenvalue weighted by Crippen LogP contribution is 2.31. The van der Waals surface area contributed by atoms with Crippen LogP contribution in [0.5, 0.6) is 5.75 Å². The molecule has 6 rings (SSSR count). The molecule has 1 N–H and O–H groups in total. The number of hydrogen-bond acceptors (Lipinski definition) is 6. The predicted octanol–water partition coefficient (Wildman–Crippen LogP) is 6.05. The number of nitrogens with one attached hydrogen (secondary N) is 1. The van der Waals surface area contributed by atoms with Gasteiger partial charge in [0.15, 0.2) is 5.65 Å². The van der Waals surface area contributed by atoms with E-state index in [1.807, 2.05) is 78.6 Å². The summed E-state index contributed by atoms with van der Waals surface area (Å²) in [5, 5.41) is 8.41. The molecule has 0 radical (unpaired) electrons. The average molecular weight is 626 g/mol. The Morgan fingerprint density at radius 2 is 1.74 bits per heavy atom. The Morgan fingerprint density at radius 3 is 2.40 bits per heavy atom. The summed E-state index contributed by atoms with van der Waals surface area (Å²) in [7, 11) is 1.63. The molecular weight excluding hydrogens is 596 g/mol. The van der Waals surface area contributed by atoms with Crippen LogP contribution in [0.3, 0.4) is 0 Å². The molecule has 3 aromatic heterocycles. The molecular formula is C32H29BrN6O3. The summed E-state index contributed by atoms with van der Waals surface area (Å²) in [4.78, 5) is 38.1. The summed E-state index contributed by atoms with van der Waals surface area (Å²) in [6.07, 6.45) is 2.78. The summed E-state index contributed by atoms with van der Waals surface area (Å²) >= 11 is 3.36. The van der Waals surface area contributed by atoms with E-state index >= 15 is 0 Å². The largest absolute Gasteiger partial charge is 0.497 e. The van der Waals surface area contributed by atoms with Gasteiger partial charge >= 0.3 is 0 Å². The third-order valence-electron chi connectivity index (χ3n) is 7.56. The quantitative estimate of drug-likeness (QED) is 0.247. The van der Waals surface area contributed by atoms with Crippen molar-refractivity contribution < 1.29 is 14.3 Å². The van der Waals surface area contributed by atoms with Gasteiger partial charge in [-0.3, -0.25) is 9.59 Å². The maximum Gasteiger partial charge on any atom is 0.254 e. The Balaban J connectivity index is 1.31. The summed E-state index contributed by atoms with van der Waals surface area (Å²) in [6, 6.07) is 22.8. The zero-order valence-corrected chi connectivity index (χ0v) is 24.8. The van der Waals surface area contributed by atoms with E-state index in [0.29, 0.717) is 48.7 Å². The van der Waals surface area contributed by atoms with Crippen LogP contribution in [0.2, 0.25) is 0 Å². The smallest absolute Gasteiger partial charge is 0.254 e. The van der Waals surface area contributed by atoms with Crippen LogP contribution in [0.25, 0.3) is 28.0 Å². The van der Waals surface area contributed by atoms with E-state index in [1.54, 1.807) is 24.1 Å². The predicted molar refractivity (Wildman–Crippen MR) is 165 cm³/mol. The molecule has 1 aliphatic rings. The third kappa shape index (κ3) is 5.49. The molecule has 0 unspecified atom stereocenters. The number of methoxy groups -OCH3 is 1. The van der Waals surface area contributed by atoms with Gasteiger partial charge in [0.1, 0.15) is 11.6 Å². The van der Waals surface area contributed by atoms with Crippen molar-refractivity contribution in [3.8, 4) is 22.7 Å². The lowest BCUT2D eigenvalue weighted by molar-refractivity contribution is -0.121. The number of para-hydroxylation sites is 1. The SMILES string of the molecule is COc1ccc(-c2cc(C(=O)N3CCC(C(=O)Nc4ccc(Br)cn4)CC3)c3c(C)nn(-c4ccccc4)c3n2)cc1. The van der Waals surface area contributed by atoms with Crippen molar-refractivity contribution in [1.82, 2.24) is 24.6 Å². The minimum Gasteiger partial charge on any atom is -0.497 e. The number of benzene rings is 2. The Kier molecular flexibility index (Phi) is 7.71. The molecule has 9 nitrogen and oxygen atoms in total. The van der Waals surface area contributed by atoms with Gasteiger partial charge in [-0.25, -0.2) is 14.6 Å². The molecule has 1 fully saturated rings. The van der Waals surface area contributed by atoms with E-state index in [4.69, 9.17) is 14.8 Å². The van der Waals surface area contributed by atoms with Crippen molar-refractivity contribution in [3.63, 3.8) is 0 Å². The fraction of sp³-hybridized carbons (Fsp3) is 0.219. The molecule has 0 bridgehead atoms. The zero-order chi connectivity index (χ0) is 29.2. The highest BCUT2D eigenvalue weighted by Gasteiger charge is 2.30. The van der Waals surface area contributed by atoms with Gasteiger partial charge in [-0.15, -0.1) is 0 Å². The number of rotatable bonds is 6. The van der Waals surface area contributed by atoms with Crippen molar-refractivity contribution in [2.75, 3.05) is 25.5 Å². The Hall–Kier alpha value is -4.57. The number of likely N-dealkylation sites (tertiary alicyclic amines) is 1. The molecule has 2 amide bonds. The highest BCUT2D eigenvalue weighted by atomic mass is 79.9. The molecule has 212 valence electrons. The molecule has 0 saturated carbocycles. The highest BCUT2D eigenvalue weighted by molar-refractivity contribution is 9.10. The molecule has 2 aromatic carbocycles. The lowest BCUT2D eigenvalue weighted by Crippen LogP contribution is -2.41. The van der Waals surface area contributed by atoms with Gasteiger partial charge in [0.05, 0.1) is 35.1 Å². The number of carbonyl (C=O) groups is 2. The van der Waals surface area contributed by atoms with Crippen molar-refractivity contribution in [2.45, 2.75) is 19.8 Å². The van der Waals surface area contributed by atoms with Gasteiger partial charge in [0.25, 0.3) is 5.91 Å². The van der Waals surface area contributed by atoms with Gasteiger partial charge < -0.3 is 15.0 Å². The summed E-state index contributed by atoms with van der Waals surface area (Å²) < 4.78 is 7.97. The number of ether oxygens (including phenoxy) is 1. The van der Waals surface area contributed by atoms with E-state index in [1.165, 1.54) is 0 Å². The van der Waals surface area contributed by atoms with E-state index in [0.717, 1.165) is 32.6 Å². The minimum atomic E-state index is -0.200. The van der Waals surface area contributed by atoms with Crippen molar-refractivity contribution >= 4 is 44.6 Å². The van der Waals surface area contributed by atoms with Crippen LogP contribution < -0.4 is 10.1 Å².